The van der Waals surface area contributed by atoms with Crippen LogP contribution in [-0.4, -0.2) is 25.8 Å². The van der Waals surface area contributed by atoms with Gasteiger partial charge in [-0.25, -0.2) is 0 Å². The molecule has 2 fully saturated rings. The lowest BCUT2D eigenvalue weighted by molar-refractivity contribution is 0.0833. The molecule has 2 heteroatoms. The fraction of sp³-hybridized carbons (Fsp3) is 1.00. The van der Waals surface area contributed by atoms with Crippen LogP contribution < -0.4 is 5.32 Å². The number of rotatable bonds is 1. The number of piperidine rings is 1. The third-order valence-corrected chi connectivity index (χ3v) is 3.42. The summed E-state index contributed by atoms with van der Waals surface area (Å²) in [6.45, 7) is 5.66. The van der Waals surface area contributed by atoms with Gasteiger partial charge in [0.2, 0.25) is 0 Å². The van der Waals surface area contributed by atoms with E-state index in [1.807, 2.05) is 0 Å². The predicted molar refractivity (Wildman–Crippen MR) is 49.1 cm³/mol. The van der Waals surface area contributed by atoms with Crippen molar-refractivity contribution in [3.63, 3.8) is 0 Å². The molecule has 2 saturated heterocycles. The lowest BCUT2D eigenvalue weighted by Gasteiger charge is -2.29. The molecule has 0 amide bonds. The van der Waals surface area contributed by atoms with Crippen molar-refractivity contribution in [1.29, 1.82) is 0 Å². The van der Waals surface area contributed by atoms with Crippen LogP contribution in [-0.2, 0) is 4.74 Å². The van der Waals surface area contributed by atoms with Crippen molar-refractivity contribution in [3.8, 4) is 0 Å². The van der Waals surface area contributed by atoms with Crippen molar-refractivity contribution in [1.82, 2.24) is 5.32 Å². The molecule has 2 nitrogen and oxygen atoms in total. The maximum absolute atomic E-state index is 5.60. The fourth-order valence-corrected chi connectivity index (χ4v) is 2.64. The van der Waals surface area contributed by atoms with Gasteiger partial charge in [-0.15, -0.1) is 0 Å². The third kappa shape index (κ3) is 1.64. The van der Waals surface area contributed by atoms with Gasteiger partial charge < -0.3 is 10.1 Å². The lowest BCUT2D eigenvalue weighted by Crippen LogP contribution is -2.33. The van der Waals surface area contributed by atoms with Crippen LogP contribution in [0.4, 0.5) is 0 Å². The van der Waals surface area contributed by atoms with Gasteiger partial charge in [0.05, 0.1) is 6.10 Å². The van der Waals surface area contributed by atoms with Gasteiger partial charge in [0.25, 0.3) is 0 Å². The highest BCUT2D eigenvalue weighted by Gasteiger charge is 2.32. The summed E-state index contributed by atoms with van der Waals surface area (Å²) in [6, 6.07) is 0. The van der Waals surface area contributed by atoms with E-state index in [-0.39, 0.29) is 0 Å². The Morgan fingerprint density at radius 3 is 2.50 bits per heavy atom. The van der Waals surface area contributed by atoms with Gasteiger partial charge in [-0.05, 0) is 51.1 Å². The molecule has 0 aromatic heterocycles. The standard InChI is InChI=1S/C10H19NO/c1-8-10(4-7-12-8)9-2-5-11-6-3-9/h8-11H,2-7H2,1H3. The highest BCUT2D eigenvalue weighted by molar-refractivity contribution is 4.82. The van der Waals surface area contributed by atoms with Crippen molar-refractivity contribution in [2.75, 3.05) is 19.7 Å². The molecule has 2 atom stereocenters. The van der Waals surface area contributed by atoms with E-state index in [1.54, 1.807) is 0 Å². The maximum atomic E-state index is 5.60. The Morgan fingerprint density at radius 2 is 1.92 bits per heavy atom. The molecule has 2 aliphatic heterocycles. The van der Waals surface area contributed by atoms with Gasteiger partial charge in [0, 0.05) is 6.61 Å². The van der Waals surface area contributed by atoms with Crippen molar-refractivity contribution < 1.29 is 4.74 Å². The Balaban J connectivity index is 1.89. The number of nitrogens with one attached hydrogen (secondary N) is 1. The number of hydrogen-bond acceptors (Lipinski definition) is 2. The van der Waals surface area contributed by atoms with Crippen LogP contribution in [0.3, 0.4) is 0 Å². The first kappa shape index (κ1) is 8.52. The second-order valence-electron chi connectivity index (χ2n) is 4.12. The van der Waals surface area contributed by atoms with Crippen LogP contribution >= 0.6 is 0 Å². The van der Waals surface area contributed by atoms with Crippen LogP contribution in [0.5, 0.6) is 0 Å². The van der Waals surface area contributed by atoms with Gasteiger partial charge in [-0.2, -0.15) is 0 Å². The summed E-state index contributed by atoms with van der Waals surface area (Å²) in [7, 11) is 0. The first-order valence-electron chi connectivity index (χ1n) is 5.20. The van der Waals surface area contributed by atoms with Crippen LogP contribution in [0.2, 0.25) is 0 Å². The molecule has 0 aliphatic carbocycles. The van der Waals surface area contributed by atoms with E-state index in [1.165, 1.54) is 32.4 Å². The zero-order valence-corrected chi connectivity index (χ0v) is 7.88. The van der Waals surface area contributed by atoms with Crippen molar-refractivity contribution in [3.05, 3.63) is 0 Å². The van der Waals surface area contributed by atoms with Gasteiger partial charge in [-0.3, -0.25) is 0 Å². The maximum Gasteiger partial charge on any atom is 0.0578 e. The van der Waals surface area contributed by atoms with E-state index in [9.17, 15) is 0 Å². The highest BCUT2D eigenvalue weighted by Crippen LogP contribution is 2.32. The second-order valence-corrected chi connectivity index (χ2v) is 4.12. The van der Waals surface area contributed by atoms with Gasteiger partial charge in [-0.1, -0.05) is 0 Å². The minimum Gasteiger partial charge on any atom is -0.378 e. The Bertz CT molecular complexity index is 143. The molecule has 0 aromatic carbocycles. The van der Waals surface area contributed by atoms with Crippen molar-refractivity contribution in [2.45, 2.75) is 32.3 Å². The minimum atomic E-state index is 0.521. The molecular weight excluding hydrogens is 150 g/mol. The molecule has 12 heavy (non-hydrogen) atoms. The molecule has 2 rings (SSSR count). The quantitative estimate of drug-likeness (QED) is 0.641. The van der Waals surface area contributed by atoms with Crippen LogP contribution in [0.1, 0.15) is 26.2 Å². The molecular formula is C10H19NO. The second kappa shape index (κ2) is 3.75. The number of hydrogen-bond donors (Lipinski definition) is 1. The Kier molecular flexibility index (Phi) is 2.66. The zero-order chi connectivity index (χ0) is 8.39. The number of ether oxygens (including phenoxy) is 1. The smallest absolute Gasteiger partial charge is 0.0578 e. The van der Waals surface area contributed by atoms with E-state index in [4.69, 9.17) is 4.74 Å². The van der Waals surface area contributed by atoms with Crippen molar-refractivity contribution >= 4 is 0 Å². The first-order valence-corrected chi connectivity index (χ1v) is 5.20. The topological polar surface area (TPSA) is 21.3 Å². The van der Waals surface area contributed by atoms with Crippen LogP contribution in [0, 0.1) is 11.8 Å². The SMILES string of the molecule is CC1OCCC1C1CCNCC1. The van der Waals surface area contributed by atoms with E-state index >= 15 is 0 Å². The predicted octanol–water partition coefficient (Wildman–Crippen LogP) is 1.41. The summed E-state index contributed by atoms with van der Waals surface area (Å²) >= 11 is 0. The molecule has 0 bridgehead atoms. The normalized spacial score (nSPS) is 38.8. The minimum absolute atomic E-state index is 0.521. The summed E-state index contributed by atoms with van der Waals surface area (Å²) in [4.78, 5) is 0. The molecule has 0 saturated carbocycles. The average Bonchev–Trinajstić information content (AvgIpc) is 2.53. The Morgan fingerprint density at radius 1 is 1.17 bits per heavy atom. The molecule has 2 heterocycles. The first-order chi connectivity index (χ1) is 5.88. The average molecular weight is 169 g/mol. The molecule has 2 aliphatic rings. The fourth-order valence-electron chi connectivity index (χ4n) is 2.64. The zero-order valence-electron chi connectivity index (χ0n) is 7.88. The largest absolute Gasteiger partial charge is 0.378 e. The summed E-state index contributed by atoms with van der Waals surface area (Å²) in [5, 5.41) is 3.41. The highest BCUT2D eigenvalue weighted by atomic mass is 16.5. The summed E-state index contributed by atoms with van der Waals surface area (Å²) in [5.74, 6) is 1.79. The van der Waals surface area contributed by atoms with E-state index in [0.29, 0.717) is 6.10 Å². The van der Waals surface area contributed by atoms with E-state index in [0.717, 1.165) is 18.4 Å². The summed E-state index contributed by atoms with van der Waals surface area (Å²) in [6.07, 6.45) is 4.54. The molecule has 0 aromatic rings. The molecule has 0 spiro atoms. The third-order valence-electron chi connectivity index (χ3n) is 3.42. The molecule has 70 valence electrons. The van der Waals surface area contributed by atoms with Crippen LogP contribution in [0.25, 0.3) is 0 Å². The summed E-state index contributed by atoms with van der Waals surface area (Å²) in [5.41, 5.74) is 0. The van der Waals surface area contributed by atoms with Crippen LogP contribution in [0.15, 0.2) is 0 Å². The molecule has 0 radical (unpaired) electrons. The Hall–Kier alpha value is -0.0800. The lowest BCUT2D eigenvalue weighted by atomic mass is 9.81. The Labute approximate surface area is 74.7 Å². The molecule has 2 unspecified atom stereocenters. The van der Waals surface area contributed by atoms with E-state index < -0.39 is 0 Å². The van der Waals surface area contributed by atoms with Gasteiger partial charge in [0.15, 0.2) is 0 Å². The molecule has 1 N–H and O–H groups in total. The van der Waals surface area contributed by atoms with Gasteiger partial charge in [0.1, 0.15) is 0 Å². The van der Waals surface area contributed by atoms with Gasteiger partial charge >= 0.3 is 0 Å². The monoisotopic (exact) mass is 169 g/mol. The van der Waals surface area contributed by atoms with E-state index in [2.05, 4.69) is 12.2 Å². The summed E-state index contributed by atoms with van der Waals surface area (Å²) < 4.78 is 5.60. The van der Waals surface area contributed by atoms with Crippen molar-refractivity contribution in [2.24, 2.45) is 11.8 Å².